The highest BCUT2D eigenvalue weighted by molar-refractivity contribution is 6.36. The Bertz CT molecular complexity index is 1220. The summed E-state index contributed by atoms with van der Waals surface area (Å²) in [4.78, 5) is 16.9. The summed E-state index contributed by atoms with van der Waals surface area (Å²) in [6.45, 7) is 0. The predicted molar refractivity (Wildman–Crippen MR) is 121 cm³/mol. The second-order valence-electron chi connectivity index (χ2n) is 6.86. The van der Waals surface area contributed by atoms with Crippen LogP contribution in [0.4, 0.5) is 10.2 Å². The van der Waals surface area contributed by atoms with Gasteiger partial charge in [0.25, 0.3) is 0 Å². The van der Waals surface area contributed by atoms with E-state index in [4.69, 9.17) is 23.2 Å². The lowest BCUT2D eigenvalue weighted by atomic mass is 10.0. The van der Waals surface area contributed by atoms with E-state index in [1.807, 2.05) is 12.1 Å². The molecule has 8 heteroatoms. The number of amides is 1. The van der Waals surface area contributed by atoms with E-state index in [1.165, 1.54) is 12.1 Å². The molecule has 0 saturated carbocycles. The van der Waals surface area contributed by atoms with Gasteiger partial charge in [-0.15, -0.1) is 0 Å². The van der Waals surface area contributed by atoms with E-state index in [1.54, 1.807) is 54.5 Å². The zero-order valence-electron chi connectivity index (χ0n) is 16.4. The van der Waals surface area contributed by atoms with Gasteiger partial charge in [0.05, 0.1) is 12.0 Å². The van der Waals surface area contributed by atoms with E-state index >= 15 is 0 Å². The maximum absolute atomic E-state index is 13.4. The maximum Gasteiger partial charge on any atom is 0.230 e. The lowest BCUT2D eigenvalue weighted by molar-refractivity contribution is -0.115. The standard InChI is InChI=1S/C23H17Cl2FN4O/c1-30-23(28-20(31)13-17-18(24)3-2-4-19(17)25)21(14-9-11-27-12-10-14)22(29-30)15-5-7-16(26)8-6-15/h2-12H,13H2,1H3,(H,28,31). The van der Waals surface area contributed by atoms with E-state index in [2.05, 4.69) is 15.4 Å². The quantitative estimate of drug-likeness (QED) is 0.415. The zero-order chi connectivity index (χ0) is 22.0. The van der Waals surface area contributed by atoms with Gasteiger partial charge in [-0.2, -0.15) is 5.10 Å². The first-order valence-electron chi connectivity index (χ1n) is 9.40. The Morgan fingerprint density at radius 2 is 1.65 bits per heavy atom. The molecule has 0 fully saturated rings. The first-order chi connectivity index (χ1) is 14.9. The van der Waals surface area contributed by atoms with Gasteiger partial charge >= 0.3 is 0 Å². The largest absolute Gasteiger partial charge is 0.310 e. The molecule has 2 aromatic carbocycles. The summed E-state index contributed by atoms with van der Waals surface area (Å²) in [6, 6.07) is 14.8. The average Bonchev–Trinajstić information content (AvgIpc) is 3.08. The second-order valence-corrected chi connectivity index (χ2v) is 7.68. The number of aryl methyl sites for hydroxylation is 1. The highest BCUT2D eigenvalue weighted by Crippen LogP contribution is 2.37. The number of aromatic nitrogens is 3. The molecule has 0 atom stereocenters. The summed E-state index contributed by atoms with van der Waals surface area (Å²) in [6.07, 6.45) is 3.32. The van der Waals surface area contributed by atoms with E-state index in [-0.39, 0.29) is 18.1 Å². The van der Waals surface area contributed by atoms with Crippen LogP contribution >= 0.6 is 23.2 Å². The van der Waals surface area contributed by atoms with Crippen LogP contribution in [0.25, 0.3) is 22.4 Å². The van der Waals surface area contributed by atoms with Gasteiger partial charge in [-0.3, -0.25) is 14.5 Å². The number of carbonyl (C=O) groups is 1. The fourth-order valence-electron chi connectivity index (χ4n) is 3.31. The van der Waals surface area contributed by atoms with Crippen molar-refractivity contribution >= 4 is 34.9 Å². The molecule has 1 N–H and O–H groups in total. The predicted octanol–water partition coefficient (Wildman–Crippen LogP) is 5.78. The molecule has 0 saturated heterocycles. The van der Waals surface area contributed by atoms with Crippen LogP contribution in [0.15, 0.2) is 67.0 Å². The molecule has 5 nitrogen and oxygen atoms in total. The van der Waals surface area contributed by atoms with Crippen LogP contribution in [0.5, 0.6) is 0 Å². The minimum absolute atomic E-state index is 0.00531. The molecule has 0 unspecified atom stereocenters. The van der Waals surface area contributed by atoms with E-state index in [9.17, 15) is 9.18 Å². The first kappa shape index (κ1) is 21.0. The Labute approximate surface area is 188 Å². The molecule has 2 heterocycles. The summed E-state index contributed by atoms with van der Waals surface area (Å²) in [7, 11) is 1.73. The number of anilines is 1. The van der Waals surface area contributed by atoms with Gasteiger partial charge in [0.2, 0.25) is 5.91 Å². The second kappa shape index (κ2) is 8.88. The van der Waals surface area contributed by atoms with Crippen molar-refractivity contribution in [3.8, 4) is 22.4 Å². The van der Waals surface area contributed by atoms with E-state index in [0.29, 0.717) is 32.7 Å². The molecule has 4 rings (SSSR count). The number of hydrogen-bond acceptors (Lipinski definition) is 3. The molecular formula is C23H17Cl2FN4O. The van der Waals surface area contributed by atoms with Crippen molar-refractivity contribution in [3.05, 3.63) is 88.4 Å². The van der Waals surface area contributed by atoms with Gasteiger partial charge in [0.1, 0.15) is 17.3 Å². The molecule has 156 valence electrons. The van der Waals surface area contributed by atoms with E-state index in [0.717, 1.165) is 11.1 Å². The van der Waals surface area contributed by atoms with Crippen LogP contribution < -0.4 is 5.32 Å². The molecule has 1 amide bonds. The van der Waals surface area contributed by atoms with Gasteiger partial charge in [-0.1, -0.05) is 29.3 Å². The van der Waals surface area contributed by atoms with Crippen molar-refractivity contribution < 1.29 is 9.18 Å². The summed E-state index contributed by atoms with van der Waals surface area (Å²) < 4.78 is 15.0. The number of halogens is 3. The van der Waals surface area contributed by atoms with Crippen LogP contribution in [0.1, 0.15) is 5.56 Å². The van der Waals surface area contributed by atoms with Crippen LogP contribution in [0, 0.1) is 5.82 Å². The molecule has 0 radical (unpaired) electrons. The Morgan fingerprint density at radius 1 is 1.00 bits per heavy atom. The average molecular weight is 455 g/mol. The third-order valence-corrected chi connectivity index (χ3v) is 5.50. The number of hydrogen-bond donors (Lipinski definition) is 1. The summed E-state index contributed by atoms with van der Waals surface area (Å²) in [5.41, 5.74) is 3.40. The zero-order valence-corrected chi connectivity index (χ0v) is 18.0. The highest BCUT2D eigenvalue weighted by atomic mass is 35.5. The Hall–Kier alpha value is -3.22. The number of nitrogens with zero attached hydrogens (tertiary/aromatic N) is 3. The summed E-state index contributed by atoms with van der Waals surface area (Å²) in [5.74, 6) is -0.132. The number of benzene rings is 2. The molecule has 0 aliphatic rings. The fourth-order valence-corrected chi connectivity index (χ4v) is 3.84. The van der Waals surface area contributed by atoms with Crippen LogP contribution in [-0.4, -0.2) is 20.7 Å². The third-order valence-electron chi connectivity index (χ3n) is 4.79. The van der Waals surface area contributed by atoms with Crippen molar-refractivity contribution in [2.75, 3.05) is 5.32 Å². The molecule has 0 spiro atoms. The van der Waals surface area contributed by atoms with Crippen LogP contribution in [-0.2, 0) is 18.3 Å². The lowest BCUT2D eigenvalue weighted by Gasteiger charge is -2.11. The molecule has 31 heavy (non-hydrogen) atoms. The Kier molecular flexibility index (Phi) is 6.02. The molecular weight excluding hydrogens is 438 g/mol. The van der Waals surface area contributed by atoms with Crippen molar-refractivity contribution in [2.45, 2.75) is 6.42 Å². The maximum atomic E-state index is 13.4. The summed E-state index contributed by atoms with van der Waals surface area (Å²) >= 11 is 12.4. The van der Waals surface area contributed by atoms with Gasteiger partial charge in [0, 0.05) is 35.1 Å². The molecule has 0 aliphatic carbocycles. The number of rotatable bonds is 5. The number of nitrogens with one attached hydrogen (secondary N) is 1. The first-order valence-corrected chi connectivity index (χ1v) is 10.2. The Balaban J connectivity index is 1.75. The van der Waals surface area contributed by atoms with Gasteiger partial charge in [-0.25, -0.2) is 4.39 Å². The van der Waals surface area contributed by atoms with E-state index < -0.39 is 0 Å². The molecule has 4 aromatic rings. The minimum atomic E-state index is -0.338. The minimum Gasteiger partial charge on any atom is -0.310 e. The van der Waals surface area contributed by atoms with Crippen LogP contribution in [0.3, 0.4) is 0 Å². The Morgan fingerprint density at radius 3 is 2.29 bits per heavy atom. The summed E-state index contributed by atoms with van der Waals surface area (Å²) in [5, 5.41) is 8.37. The van der Waals surface area contributed by atoms with Crippen molar-refractivity contribution in [3.63, 3.8) is 0 Å². The monoisotopic (exact) mass is 454 g/mol. The SMILES string of the molecule is Cn1nc(-c2ccc(F)cc2)c(-c2ccncc2)c1NC(=O)Cc1c(Cl)cccc1Cl. The highest BCUT2D eigenvalue weighted by Gasteiger charge is 2.22. The van der Waals surface area contributed by atoms with Gasteiger partial charge in [0.15, 0.2) is 0 Å². The fraction of sp³-hybridized carbons (Fsp3) is 0.0870. The van der Waals surface area contributed by atoms with Crippen molar-refractivity contribution in [1.82, 2.24) is 14.8 Å². The topological polar surface area (TPSA) is 59.8 Å². The van der Waals surface area contributed by atoms with Crippen molar-refractivity contribution in [1.29, 1.82) is 0 Å². The number of pyridine rings is 1. The third kappa shape index (κ3) is 4.45. The molecule has 0 bridgehead atoms. The normalized spacial score (nSPS) is 10.8. The number of carbonyl (C=O) groups excluding carboxylic acids is 1. The van der Waals surface area contributed by atoms with Crippen LogP contribution in [0.2, 0.25) is 10.0 Å². The van der Waals surface area contributed by atoms with Gasteiger partial charge in [-0.05, 0) is 59.7 Å². The van der Waals surface area contributed by atoms with Gasteiger partial charge < -0.3 is 5.32 Å². The molecule has 2 aromatic heterocycles. The lowest BCUT2D eigenvalue weighted by Crippen LogP contribution is -2.17. The smallest absolute Gasteiger partial charge is 0.230 e. The molecule has 0 aliphatic heterocycles. The van der Waals surface area contributed by atoms with Crippen molar-refractivity contribution in [2.24, 2.45) is 7.05 Å².